The molecule has 6 nitrogen and oxygen atoms in total. The topological polar surface area (TPSA) is 85.4 Å². The summed E-state index contributed by atoms with van der Waals surface area (Å²) >= 11 is 1.29. The van der Waals surface area contributed by atoms with Crippen LogP contribution in [0.15, 0.2) is 63.1 Å². The van der Waals surface area contributed by atoms with E-state index < -0.39 is 5.63 Å². The summed E-state index contributed by atoms with van der Waals surface area (Å²) in [5, 5.41) is 12.8. The van der Waals surface area contributed by atoms with Gasteiger partial charge in [0.2, 0.25) is 0 Å². The first kappa shape index (κ1) is 20.4. The van der Waals surface area contributed by atoms with E-state index in [0.717, 1.165) is 10.9 Å². The van der Waals surface area contributed by atoms with Crippen LogP contribution < -0.4 is 15.1 Å². The van der Waals surface area contributed by atoms with Crippen LogP contribution in [-0.4, -0.2) is 18.7 Å². The van der Waals surface area contributed by atoms with Crippen LogP contribution >= 0.6 is 11.3 Å². The van der Waals surface area contributed by atoms with Crippen molar-refractivity contribution in [1.29, 1.82) is 5.26 Å². The lowest BCUT2D eigenvalue weighted by Crippen LogP contribution is -2.02. The quantitative estimate of drug-likeness (QED) is 0.301. The first-order valence-electron chi connectivity index (χ1n) is 9.54. The molecule has 0 saturated carbocycles. The third-order valence-corrected chi connectivity index (χ3v) is 5.45. The molecule has 0 amide bonds. The van der Waals surface area contributed by atoms with Crippen LogP contribution in [0, 0.1) is 11.3 Å². The van der Waals surface area contributed by atoms with E-state index in [0.29, 0.717) is 45.5 Å². The molecule has 0 spiro atoms. The van der Waals surface area contributed by atoms with Crippen molar-refractivity contribution < 1.29 is 13.9 Å². The minimum atomic E-state index is -0.463. The van der Waals surface area contributed by atoms with Gasteiger partial charge in [-0.2, -0.15) is 5.26 Å². The summed E-state index contributed by atoms with van der Waals surface area (Å²) in [4.78, 5) is 16.9. The van der Waals surface area contributed by atoms with Crippen molar-refractivity contribution in [2.45, 2.75) is 6.92 Å². The van der Waals surface area contributed by atoms with Gasteiger partial charge >= 0.3 is 5.63 Å². The van der Waals surface area contributed by atoms with Crippen molar-refractivity contribution in [3.05, 3.63) is 74.9 Å². The Morgan fingerprint density at radius 3 is 2.84 bits per heavy atom. The second kappa shape index (κ2) is 8.86. The van der Waals surface area contributed by atoms with Gasteiger partial charge in [0.25, 0.3) is 0 Å². The summed E-state index contributed by atoms with van der Waals surface area (Å²) in [6.07, 6.45) is 1.73. The number of ether oxygens (including phenoxy) is 2. The molecule has 2 heterocycles. The fraction of sp³-hybridized carbons (Fsp3) is 0.125. The Balaban J connectivity index is 1.71. The zero-order valence-electron chi connectivity index (χ0n) is 16.9. The highest BCUT2D eigenvalue weighted by Gasteiger charge is 2.14. The normalized spacial score (nSPS) is 11.3. The highest BCUT2D eigenvalue weighted by atomic mass is 32.1. The lowest BCUT2D eigenvalue weighted by molar-refractivity contribution is 0.311. The predicted molar refractivity (Wildman–Crippen MR) is 121 cm³/mol. The van der Waals surface area contributed by atoms with Gasteiger partial charge in [-0.3, -0.25) is 0 Å². The summed E-state index contributed by atoms with van der Waals surface area (Å²) in [5.74, 6) is 1.22. The number of nitriles is 1. The van der Waals surface area contributed by atoms with Crippen LogP contribution in [0.3, 0.4) is 0 Å². The first-order valence-corrected chi connectivity index (χ1v) is 10.4. The maximum atomic E-state index is 12.4. The van der Waals surface area contributed by atoms with Gasteiger partial charge in [0.1, 0.15) is 16.7 Å². The molecule has 7 heteroatoms. The van der Waals surface area contributed by atoms with Gasteiger partial charge in [-0.1, -0.05) is 24.3 Å². The van der Waals surface area contributed by atoms with Gasteiger partial charge in [-0.15, -0.1) is 11.3 Å². The van der Waals surface area contributed by atoms with Crippen molar-refractivity contribution in [1.82, 2.24) is 4.98 Å². The second-order valence-electron chi connectivity index (χ2n) is 6.54. The maximum absolute atomic E-state index is 12.4. The molecule has 0 aliphatic rings. The van der Waals surface area contributed by atoms with Gasteiger partial charge in [-0.05, 0) is 42.8 Å². The van der Waals surface area contributed by atoms with Gasteiger partial charge in [0.15, 0.2) is 11.5 Å². The summed E-state index contributed by atoms with van der Waals surface area (Å²) in [5.41, 5.74) is 2.06. The van der Waals surface area contributed by atoms with E-state index in [1.165, 1.54) is 11.3 Å². The van der Waals surface area contributed by atoms with Crippen LogP contribution in [0.5, 0.6) is 11.5 Å². The van der Waals surface area contributed by atoms with E-state index in [9.17, 15) is 10.1 Å². The lowest BCUT2D eigenvalue weighted by atomic mass is 10.1. The monoisotopic (exact) mass is 430 g/mol. The summed E-state index contributed by atoms with van der Waals surface area (Å²) < 4.78 is 16.3. The molecule has 0 atom stereocenters. The Morgan fingerprint density at radius 1 is 1.23 bits per heavy atom. The zero-order chi connectivity index (χ0) is 21.8. The molecule has 31 heavy (non-hydrogen) atoms. The molecule has 0 radical (unpaired) electrons. The minimum Gasteiger partial charge on any atom is -0.493 e. The number of hydrogen-bond donors (Lipinski definition) is 0. The Kier molecular flexibility index (Phi) is 5.83. The Morgan fingerprint density at radius 2 is 2.06 bits per heavy atom. The van der Waals surface area contributed by atoms with E-state index in [4.69, 9.17) is 13.9 Å². The van der Waals surface area contributed by atoms with Crippen LogP contribution in [-0.2, 0) is 0 Å². The molecule has 0 aliphatic heterocycles. The van der Waals surface area contributed by atoms with Crippen LogP contribution in [0.4, 0.5) is 0 Å². The van der Waals surface area contributed by atoms with Gasteiger partial charge in [0, 0.05) is 10.8 Å². The third kappa shape index (κ3) is 4.20. The van der Waals surface area contributed by atoms with Crippen molar-refractivity contribution in [2.75, 3.05) is 13.7 Å². The summed E-state index contributed by atoms with van der Waals surface area (Å²) in [6, 6.07) is 16.7. The van der Waals surface area contributed by atoms with Gasteiger partial charge in [-0.25, -0.2) is 9.78 Å². The number of methoxy groups -OCH3 is 1. The smallest absolute Gasteiger partial charge is 0.345 e. The molecule has 4 rings (SSSR count). The molecule has 0 bridgehead atoms. The largest absolute Gasteiger partial charge is 0.493 e. The highest BCUT2D eigenvalue weighted by Crippen LogP contribution is 2.31. The fourth-order valence-corrected chi connectivity index (χ4v) is 3.91. The van der Waals surface area contributed by atoms with E-state index in [2.05, 4.69) is 11.1 Å². The highest BCUT2D eigenvalue weighted by molar-refractivity contribution is 7.11. The van der Waals surface area contributed by atoms with Gasteiger partial charge in [0.05, 0.1) is 30.5 Å². The first-order chi connectivity index (χ1) is 15.1. The molecule has 154 valence electrons. The molecular weight excluding hydrogens is 412 g/mol. The lowest BCUT2D eigenvalue weighted by Gasteiger charge is -2.09. The number of aromatic nitrogens is 1. The molecule has 0 fully saturated rings. The third-order valence-electron chi connectivity index (χ3n) is 4.57. The van der Waals surface area contributed by atoms with E-state index in [1.54, 1.807) is 36.8 Å². The Labute approximate surface area is 182 Å². The maximum Gasteiger partial charge on any atom is 0.345 e. The predicted octanol–water partition coefficient (Wildman–Crippen LogP) is 5.39. The molecule has 0 unspecified atom stereocenters. The van der Waals surface area contributed by atoms with E-state index >= 15 is 0 Å². The molecule has 4 aromatic rings. The van der Waals surface area contributed by atoms with Gasteiger partial charge < -0.3 is 13.9 Å². The molecule has 0 aliphatic carbocycles. The number of allylic oxidation sites excluding steroid dienone is 1. The molecule has 2 aromatic carbocycles. The number of para-hydroxylation sites is 1. The van der Waals surface area contributed by atoms with E-state index in [1.807, 2.05) is 37.3 Å². The van der Waals surface area contributed by atoms with Crippen molar-refractivity contribution in [3.63, 3.8) is 0 Å². The second-order valence-corrected chi connectivity index (χ2v) is 7.39. The molecule has 0 saturated heterocycles. The van der Waals surface area contributed by atoms with Crippen LogP contribution in [0.25, 0.3) is 33.9 Å². The number of benzene rings is 2. The molecule has 0 N–H and O–H groups in total. The minimum absolute atomic E-state index is 0.363. The summed E-state index contributed by atoms with van der Waals surface area (Å²) in [7, 11) is 1.58. The molecule has 2 aromatic heterocycles. The SMILES string of the molecule is CCOc1cc(/C=C(\C#N)c2nc(-c3cc4ccccc4oc3=O)cs2)ccc1OC. The Bertz CT molecular complexity index is 1380. The number of nitrogens with zero attached hydrogens (tertiary/aromatic N) is 2. The Hall–Kier alpha value is -3.89. The average Bonchev–Trinajstić information content (AvgIpc) is 3.27. The van der Waals surface area contributed by atoms with Crippen molar-refractivity contribution in [3.8, 4) is 28.8 Å². The fourth-order valence-electron chi connectivity index (χ4n) is 3.12. The number of rotatable bonds is 6. The molecular formula is C24H18N2O4S. The standard InChI is InChI=1S/C24H18N2O4S/c1-3-29-22-11-15(8-9-21(22)28-2)10-17(13-25)23-26-19(14-31-23)18-12-16-6-4-5-7-20(16)30-24(18)27/h4-12,14H,3H2,1-2H3/b17-10+. The zero-order valence-corrected chi connectivity index (χ0v) is 17.7. The number of fused-ring (bicyclic) bond motifs is 1. The average molecular weight is 430 g/mol. The summed E-state index contributed by atoms with van der Waals surface area (Å²) in [6.45, 7) is 2.39. The van der Waals surface area contributed by atoms with Crippen molar-refractivity contribution >= 4 is 34.0 Å². The van der Waals surface area contributed by atoms with Crippen LogP contribution in [0.1, 0.15) is 17.5 Å². The number of hydrogen-bond acceptors (Lipinski definition) is 7. The van der Waals surface area contributed by atoms with Crippen LogP contribution in [0.2, 0.25) is 0 Å². The van der Waals surface area contributed by atoms with E-state index in [-0.39, 0.29) is 0 Å². The van der Waals surface area contributed by atoms with Crippen molar-refractivity contribution in [2.24, 2.45) is 0 Å². The number of thiazole rings is 1.